The van der Waals surface area contributed by atoms with Crippen LogP contribution in [0.5, 0.6) is 0 Å². The molecule has 5 nitrogen and oxygen atoms in total. The van der Waals surface area contributed by atoms with Crippen LogP contribution in [0.3, 0.4) is 0 Å². The quantitative estimate of drug-likeness (QED) is 0.834. The SMILES string of the molecule is O=C(/C=C/c1ccc(Br)o1)Nc1sccc1C(=O)O. The van der Waals surface area contributed by atoms with E-state index in [0.29, 0.717) is 15.4 Å². The summed E-state index contributed by atoms with van der Waals surface area (Å²) in [6, 6.07) is 4.84. The lowest BCUT2D eigenvalue weighted by Gasteiger charge is -1.99. The molecule has 2 aromatic heterocycles. The van der Waals surface area contributed by atoms with Crippen LogP contribution in [0.2, 0.25) is 0 Å². The van der Waals surface area contributed by atoms with Crippen molar-refractivity contribution in [2.45, 2.75) is 0 Å². The number of thiophene rings is 1. The van der Waals surface area contributed by atoms with Crippen LogP contribution in [0.25, 0.3) is 6.08 Å². The fraction of sp³-hybridized carbons (Fsp3) is 0. The number of carbonyl (C=O) groups excluding carboxylic acids is 1. The minimum Gasteiger partial charge on any atom is -0.478 e. The van der Waals surface area contributed by atoms with Gasteiger partial charge in [0, 0.05) is 6.08 Å². The molecular formula is C12H8BrNO4S. The maximum atomic E-state index is 11.6. The topological polar surface area (TPSA) is 79.5 Å². The minimum absolute atomic E-state index is 0.0764. The van der Waals surface area contributed by atoms with Gasteiger partial charge in [0.1, 0.15) is 10.8 Å². The largest absolute Gasteiger partial charge is 0.478 e. The highest BCUT2D eigenvalue weighted by Gasteiger charge is 2.12. The predicted octanol–water partition coefficient (Wildman–Crippen LogP) is 3.45. The molecule has 0 aliphatic rings. The number of carbonyl (C=O) groups is 2. The summed E-state index contributed by atoms with van der Waals surface area (Å²) in [5.41, 5.74) is 0.0764. The van der Waals surface area contributed by atoms with Crippen molar-refractivity contribution < 1.29 is 19.1 Å². The zero-order valence-corrected chi connectivity index (χ0v) is 11.8. The highest BCUT2D eigenvalue weighted by atomic mass is 79.9. The summed E-state index contributed by atoms with van der Waals surface area (Å²) in [6.07, 6.45) is 2.77. The van der Waals surface area contributed by atoms with Gasteiger partial charge in [-0.05, 0) is 45.6 Å². The summed E-state index contributed by atoms with van der Waals surface area (Å²) in [5.74, 6) is -0.973. The lowest BCUT2D eigenvalue weighted by molar-refractivity contribution is -0.111. The smallest absolute Gasteiger partial charge is 0.338 e. The Bertz CT molecular complexity index is 644. The zero-order valence-electron chi connectivity index (χ0n) is 9.42. The van der Waals surface area contributed by atoms with Crippen molar-refractivity contribution in [1.29, 1.82) is 0 Å². The summed E-state index contributed by atoms with van der Waals surface area (Å²) in [5, 5.41) is 13.3. The van der Waals surface area contributed by atoms with Gasteiger partial charge >= 0.3 is 5.97 Å². The molecule has 0 saturated heterocycles. The number of amides is 1. The normalized spacial score (nSPS) is 10.8. The number of furan rings is 1. The molecular weight excluding hydrogens is 334 g/mol. The summed E-state index contributed by atoms with van der Waals surface area (Å²) < 4.78 is 5.76. The van der Waals surface area contributed by atoms with E-state index in [1.165, 1.54) is 18.2 Å². The third-order valence-corrected chi connectivity index (χ3v) is 3.38. The Balaban J connectivity index is 2.03. The number of halogens is 1. The molecule has 7 heteroatoms. The van der Waals surface area contributed by atoms with E-state index < -0.39 is 11.9 Å². The molecule has 19 heavy (non-hydrogen) atoms. The molecule has 0 radical (unpaired) electrons. The summed E-state index contributed by atoms with van der Waals surface area (Å²) in [7, 11) is 0. The molecule has 0 fully saturated rings. The second-order valence-corrected chi connectivity index (χ2v) is 5.13. The number of hydrogen-bond donors (Lipinski definition) is 2. The van der Waals surface area contributed by atoms with Crippen molar-refractivity contribution in [1.82, 2.24) is 0 Å². The van der Waals surface area contributed by atoms with Crippen LogP contribution in [0.15, 0.2) is 38.7 Å². The first-order chi connectivity index (χ1) is 9.06. The lowest BCUT2D eigenvalue weighted by Crippen LogP contribution is -2.09. The van der Waals surface area contributed by atoms with Crippen molar-refractivity contribution in [3.63, 3.8) is 0 Å². The number of nitrogens with one attached hydrogen (secondary N) is 1. The Morgan fingerprint density at radius 3 is 2.79 bits per heavy atom. The number of rotatable bonds is 4. The number of hydrogen-bond acceptors (Lipinski definition) is 4. The van der Waals surface area contributed by atoms with E-state index in [0.717, 1.165) is 11.3 Å². The maximum Gasteiger partial charge on any atom is 0.338 e. The van der Waals surface area contributed by atoms with Crippen molar-refractivity contribution >= 4 is 50.2 Å². The summed E-state index contributed by atoms with van der Waals surface area (Å²) in [6.45, 7) is 0. The second kappa shape index (κ2) is 5.85. The van der Waals surface area contributed by atoms with Crippen molar-refractivity contribution in [3.05, 3.63) is 45.6 Å². The van der Waals surface area contributed by atoms with Crippen LogP contribution in [0, 0.1) is 0 Å². The minimum atomic E-state index is -1.07. The van der Waals surface area contributed by atoms with Gasteiger partial charge in [-0.25, -0.2) is 4.79 Å². The molecule has 0 aromatic carbocycles. The van der Waals surface area contributed by atoms with E-state index in [1.807, 2.05) is 0 Å². The molecule has 0 atom stereocenters. The van der Waals surface area contributed by atoms with Gasteiger partial charge in [0.15, 0.2) is 4.67 Å². The van der Waals surface area contributed by atoms with Crippen LogP contribution in [0.1, 0.15) is 16.1 Å². The van der Waals surface area contributed by atoms with E-state index in [2.05, 4.69) is 21.2 Å². The number of carboxylic acids is 1. The Hall–Kier alpha value is -1.86. The first-order valence-electron chi connectivity index (χ1n) is 5.11. The van der Waals surface area contributed by atoms with Gasteiger partial charge in [-0.2, -0.15) is 0 Å². The van der Waals surface area contributed by atoms with E-state index in [4.69, 9.17) is 9.52 Å². The zero-order chi connectivity index (χ0) is 13.8. The molecule has 2 heterocycles. The second-order valence-electron chi connectivity index (χ2n) is 3.43. The molecule has 0 unspecified atom stereocenters. The standard InChI is InChI=1S/C12H8BrNO4S/c13-9-3-1-7(18-9)2-4-10(15)14-11-8(12(16)17)5-6-19-11/h1-6H,(H,14,15)(H,16,17)/b4-2+. The average molecular weight is 342 g/mol. The lowest BCUT2D eigenvalue weighted by atomic mass is 10.3. The number of carboxylic acid groups (broad SMARTS) is 1. The van der Waals surface area contributed by atoms with Crippen LogP contribution in [-0.4, -0.2) is 17.0 Å². The highest BCUT2D eigenvalue weighted by Crippen LogP contribution is 2.23. The van der Waals surface area contributed by atoms with Crippen molar-refractivity contribution in [2.24, 2.45) is 0 Å². The van der Waals surface area contributed by atoms with Gasteiger partial charge in [0.05, 0.1) is 5.56 Å². The first-order valence-corrected chi connectivity index (χ1v) is 6.78. The Morgan fingerprint density at radius 2 is 2.16 bits per heavy atom. The van der Waals surface area contributed by atoms with Crippen LogP contribution in [-0.2, 0) is 4.79 Å². The van der Waals surface area contributed by atoms with Gasteiger partial charge in [0.2, 0.25) is 5.91 Å². The van der Waals surface area contributed by atoms with Crippen molar-refractivity contribution in [3.8, 4) is 0 Å². The summed E-state index contributed by atoms with van der Waals surface area (Å²) in [4.78, 5) is 22.5. The highest BCUT2D eigenvalue weighted by molar-refractivity contribution is 9.10. The predicted molar refractivity (Wildman–Crippen MR) is 75.4 cm³/mol. The van der Waals surface area contributed by atoms with E-state index >= 15 is 0 Å². The van der Waals surface area contributed by atoms with E-state index in [9.17, 15) is 9.59 Å². The molecule has 2 N–H and O–H groups in total. The molecule has 0 aliphatic heterocycles. The monoisotopic (exact) mass is 341 g/mol. The summed E-state index contributed by atoms with van der Waals surface area (Å²) >= 11 is 4.30. The van der Waals surface area contributed by atoms with Gasteiger partial charge in [0.25, 0.3) is 0 Å². The maximum absolute atomic E-state index is 11.6. The molecule has 0 bridgehead atoms. The van der Waals surface area contributed by atoms with E-state index in [-0.39, 0.29) is 5.56 Å². The van der Waals surface area contributed by atoms with Gasteiger partial charge < -0.3 is 14.8 Å². The molecule has 0 spiro atoms. The number of aromatic carboxylic acids is 1. The third-order valence-electron chi connectivity index (χ3n) is 2.13. The molecule has 0 saturated carbocycles. The Kier molecular flexibility index (Phi) is 4.18. The van der Waals surface area contributed by atoms with Crippen LogP contribution >= 0.6 is 27.3 Å². The third kappa shape index (κ3) is 3.55. The van der Waals surface area contributed by atoms with Gasteiger partial charge in [-0.1, -0.05) is 0 Å². The Labute approximate surface area is 120 Å². The number of anilines is 1. The molecule has 98 valence electrons. The van der Waals surface area contributed by atoms with Crippen LogP contribution in [0.4, 0.5) is 5.00 Å². The first kappa shape index (κ1) is 13.6. The van der Waals surface area contributed by atoms with E-state index in [1.54, 1.807) is 17.5 Å². The molecule has 2 aromatic rings. The van der Waals surface area contributed by atoms with Crippen molar-refractivity contribution in [2.75, 3.05) is 5.32 Å². The fourth-order valence-corrected chi connectivity index (χ4v) is 2.40. The molecule has 1 amide bonds. The van der Waals surface area contributed by atoms with Crippen LogP contribution < -0.4 is 5.32 Å². The fourth-order valence-electron chi connectivity index (χ4n) is 1.30. The average Bonchev–Trinajstić information content (AvgIpc) is 2.95. The molecule has 2 rings (SSSR count). The Morgan fingerprint density at radius 1 is 1.37 bits per heavy atom. The van der Waals surface area contributed by atoms with Gasteiger partial charge in [-0.3, -0.25) is 4.79 Å². The van der Waals surface area contributed by atoms with Gasteiger partial charge in [-0.15, -0.1) is 11.3 Å². The molecule has 0 aliphatic carbocycles.